The molecule has 1 aliphatic carbocycles. The second kappa shape index (κ2) is 7.12. The predicted molar refractivity (Wildman–Crippen MR) is 112 cm³/mol. The molecule has 8 nitrogen and oxygen atoms in total. The van der Waals surface area contributed by atoms with Gasteiger partial charge in [-0.25, -0.2) is 4.98 Å². The Balaban J connectivity index is 1.55. The van der Waals surface area contributed by atoms with Crippen molar-refractivity contribution in [3.8, 4) is 5.75 Å². The number of hydrogen-bond acceptors (Lipinski definition) is 7. The first-order valence-corrected chi connectivity index (χ1v) is 9.52. The number of nitrogens with one attached hydrogen (secondary N) is 2. The van der Waals surface area contributed by atoms with Crippen molar-refractivity contribution in [3.05, 3.63) is 48.2 Å². The summed E-state index contributed by atoms with van der Waals surface area (Å²) in [5.41, 5.74) is 20.3. The van der Waals surface area contributed by atoms with Crippen molar-refractivity contribution >= 4 is 23.3 Å². The highest BCUT2D eigenvalue weighted by molar-refractivity contribution is 5.83. The lowest BCUT2D eigenvalue weighted by Crippen LogP contribution is -2.40. The Kier molecular flexibility index (Phi) is 4.64. The molecular formula is C20H27N7O. The highest BCUT2D eigenvalue weighted by Gasteiger charge is 2.46. The number of hydrogen-bond donors (Lipinski definition) is 6. The van der Waals surface area contributed by atoms with Crippen LogP contribution in [0.3, 0.4) is 0 Å². The number of anilines is 2. The fourth-order valence-corrected chi connectivity index (χ4v) is 3.95. The second-order valence-corrected chi connectivity index (χ2v) is 7.61. The van der Waals surface area contributed by atoms with Crippen molar-refractivity contribution in [2.75, 3.05) is 17.6 Å². The highest BCUT2D eigenvalue weighted by atomic mass is 16.3. The molecule has 148 valence electrons. The molecule has 9 N–H and O–H groups in total. The topological polar surface area (TPSA) is 140 Å². The smallest absolute Gasteiger partial charge is 0.145 e. The Morgan fingerprint density at radius 3 is 2.96 bits per heavy atom. The second-order valence-electron chi connectivity index (χ2n) is 7.61. The molecule has 0 aromatic carbocycles. The van der Waals surface area contributed by atoms with Gasteiger partial charge in [-0.1, -0.05) is 0 Å². The molecule has 2 aliphatic rings. The monoisotopic (exact) mass is 381 g/mol. The summed E-state index contributed by atoms with van der Waals surface area (Å²) in [5, 5.41) is 16.8. The molecule has 2 aromatic rings. The van der Waals surface area contributed by atoms with Crippen LogP contribution >= 0.6 is 0 Å². The van der Waals surface area contributed by atoms with Crippen LogP contribution < -0.4 is 27.8 Å². The first kappa shape index (κ1) is 18.2. The van der Waals surface area contributed by atoms with E-state index in [2.05, 4.69) is 20.2 Å². The highest BCUT2D eigenvalue weighted by Crippen LogP contribution is 2.46. The zero-order valence-corrected chi connectivity index (χ0v) is 15.7. The molecule has 0 unspecified atom stereocenters. The Hall–Kier alpha value is -3.13. The van der Waals surface area contributed by atoms with Gasteiger partial charge in [0.05, 0.1) is 17.6 Å². The third-order valence-electron chi connectivity index (χ3n) is 5.64. The number of nitrogen functional groups attached to an aromatic ring is 1. The molecule has 1 atom stereocenters. The summed E-state index contributed by atoms with van der Waals surface area (Å²) < 4.78 is 2.15. The maximum absolute atomic E-state index is 10.3. The van der Waals surface area contributed by atoms with Crippen LogP contribution in [0, 0.1) is 0 Å². The Labute approximate surface area is 164 Å². The van der Waals surface area contributed by atoms with Gasteiger partial charge < -0.3 is 37.5 Å². The van der Waals surface area contributed by atoms with E-state index in [-0.39, 0.29) is 5.75 Å². The van der Waals surface area contributed by atoms with Crippen molar-refractivity contribution in [3.63, 3.8) is 0 Å². The normalized spacial score (nSPS) is 21.3. The number of aromatic hydroxyl groups is 1. The fourth-order valence-electron chi connectivity index (χ4n) is 3.95. The van der Waals surface area contributed by atoms with E-state index in [0.717, 1.165) is 24.9 Å². The summed E-state index contributed by atoms with van der Waals surface area (Å²) in [4.78, 5) is 4.24. The van der Waals surface area contributed by atoms with Crippen LogP contribution in [0.4, 0.5) is 11.5 Å². The number of aromatic nitrogens is 2. The van der Waals surface area contributed by atoms with E-state index in [1.165, 1.54) is 19.0 Å². The number of pyridine rings is 1. The first-order valence-electron chi connectivity index (χ1n) is 9.52. The van der Waals surface area contributed by atoms with E-state index in [1.54, 1.807) is 24.5 Å². The van der Waals surface area contributed by atoms with Gasteiger partial charge in [-0.3, -0.25) is 0 Å². The molecule has 2 fully saturated rings. The molecule has 1 saturated carbocycles. The van der Waals surface area contributed by atoms with Crippen LogP contribution in [0.1, 0.15) is 43.0 Å². The predicted octanol–water partition coefficient (Wildman–Crippen LogP) is 1.93. The number of nitrogens with two attached hydrogens (primary N) is 3. The maximum Gasteiger partial charge on any atom is 0.145 e. The van der Waals surface area contributed by atoms with Crippen molar-refractivity contribution in [2.24, 2.45) is 11.5 Å². The molecule has 1 aliphatic heterocycles. The first-order chi connectivity index (χ1) is 13.5. The lowest BCUT2D eigenvalue weighted by Gasteiger charge is -2.32. The molecule has 2 aromatic heterocycles. The van der Waals surface area contributed by atoms with Gasteiger partial charge in [-0.05, 0) is 44.4 Å². The Morgan fingerprint density at radius 2 is 2.25 bits per heavy atom. The molecule has 0 bridgehead atoms. The van der Waals surface area contributed by atoms with Crippen LogP contribution in [-0.4, -0.2) is 26.7 Å². The van der Waals surface area contributed by atoms with Gasteiger partial charge >= 0.3 is 0 Å². The van der Waals surface area contributed by atoms with Crippen molar-refractivity contribution < 1.29 is 5.11 Å². The van der Waals surface area contributed by atoms with E-state index in [9.17, 15) is 5.11 Å². The number of piperidine rings is 1. The van der Waals surface area contributed by atoms with Gasteiger partial charge in [0.25, 0.3) is 0 Å². The van der Waals surface area contributed by atoms with E-state index in [1.807, 2.05) is 12.3 Å². The minimum atomic E-state index is -0.0174. The third kappa shape index (κ3) is 3.50. The van der Waals surface area contributed by atoms with Crippen LogP contribution in [0.15, 0.2) is 36.9 Å². The standard InChI is InChI=1S/C20H27N7O/c21-5-7-24-14-10-17(28)18(25-12-14)16(22)9-13-2-8-27(19(13)23)15-1-6-26-20(11-15)3-4-20/h2,5,7-10,12,15,24,26,28H,1,3-4,6,11,21-23H2/b7-5-,16-9-/t15-/m0/s1. The van der Waals surface area contributed by atoms with E-state index in [4.69, 9.17) is 17.2 Å². The van der Waals surface area contributed by atoms with Gasteiger partial charge in [-0.15, -0.1) is 0 Å². The molecule has 28 heavy (non-hydrogen) atoms. The van der Waals surface area contributed by atoms with Gasteiger partial charge in [0.15, 0.2) is 0 Å². The van der Waals surface area contributed by atoms with Gasteiger partial charge in [0.1, 0.15) is 17.3 Å². The number of rotatable bonds is 5. The lowest BCUT2D eigenvalue weighted by atomic mass is 9.97. The minimum Gasteiger partial charge on any atom is -0.506 e. The Bertz CT molecular complexity index is 927. The summed E-state index contributed by atoms with van der Waals surface area (Å²) in [5.74, 6) is 0.674. The average Bonchev–Trinajstić information content (AvgIpc) is 3.33. The van der Waals surface area contributed by atoms with E-state index in [0.29, 0.717) is 34.5 Å². The summed E-state index contributed by atoms with van der Waals surface area (Å²) >= 11 is 0. The quantitative estimate of drug-likeness (QED) is 0.465. The molecule has 0 amide bonds. The zero-order valence-electron chi connectivity index (χ0n) is 15.7. The molecule has 1 spiro atoms. The molecule has 8 heteroatoms. The number of nitrogens with zero attached hydrogens (tertiary/aromatic N) is 2. The minimum absolute atomic E-state index is 0.0174. The third-order valence-corrected chi connectivity index (χ3v) is 5.64. The SMILES string of the molecule is N/C=C\Nc1cnc(/C(N)=C/c2ccn([C@H]3CCNC4(CC4)C3)c2N)c(O)c1. The van der Waals surface area contributed by atoms with E-state index < -0.39 is 0 Å². The molecule has 3 heterocycles. The average molecular weight is 381 g/mol. The van der Waals surface area contributed by atoms with Gasteiger partial charge in [-0.2, -0.15) is 0 Å². The maximum atomic E-state index is 10.3. The van der Waals surface area contributed by atoms with Gasteiger partial charge in [0.2, 0.25) is 0 Å². The van der Waals surface area contributed by atoms with Crippen molar-refractivity contribution in [2.45, 2.75) is 37.3 Å². The van der Waals surface area contributed by atoms with Crippen molar-refractivity contribution in [1.82, 2.24) is 14.9 Å². The van der Waals surface area contributed by atoms with Crippen molar-refractivity contribution in [1.29, 1.82) is 0 Å². The molecule has 4 rings (SSSR count). The van der Waals surface area contributed by atoms with Gasteiger partial charge in [0, 0.05) is 41.8 Å². The molecule has 1 saturated heterocycles. The Morgan fingerprint density at radius 1 is 1.43 bits per heavy atom. The fraction of sp³-hybridized carbons (Fsp3) is 0.350. The zero-order chi connectivity index (χ0) is 19.7. The molecular weight excluding hydrogens is 354 g/mol. The van der Waals surface area contributed by atoms with E-state index >= 15 is 0 Å². The van der Waals surface area contributed by atoms with Crippen LogP contribution in [0.25, 0.3) is 11.8 Å². The van der Waals surface area contributed by atoms with Crippen LogP contribution in [0.2, 0.25) is 0 Å². The molecule has 0 radical (unpaired) electrons. The lowest BCUT2D eigenvalue weighted by molar-refractivity contribution is 0.289. The van der Waals surface area contributed by atoms with Crippen LogP contribution in [-0.2, 0) is 0 Å². The summed E-state index contributed by atoms with van der Waals surface area (Å²) in [7, 11) is 0. The van der Waals surface area contributed by atoms with Crippen LogP contribution in [0.5, 0.6) is 5.75 Å². The summed E-state index contributed by atoms with van der Waals surface area (Å²) in [6.45, 7) is 1.02. The summed E-state index contributed by atoms with van der Waals surface area (Å²) in [6.07, 6.45) is 12.9. The largest absolute Gasteiger partial charge is 0.506 e. The summed E-state index contributed by atoms with van der Waals surface area (Å²) in [6, 6.07) is 3.91.